The Bertz CT molecular complexity index is 536. The van der Waals surface area contributed by atoms with Crippen LogP contribution in [-0.2, 0) is 4.79 Å². The summed E-state index contributed by atoms with van der Waals surface area (Å²) in [6.07, 6.45) is 1.02. The number of hydrogen-bond acceptors (Lipinski definition) is 3. The van der Waals surface area contributed by atoms with Crippen LogP contribution >= 0.6 is 12.4 Å². The molecule has 2 heterocycles. The van der Waals surface area contributed by atoms with Gasteiger partial charge in [0.25, 0.3) is 0 Å². The summed E-state index contributed by atoms with van der Waals surface area (Å²) < 4.78 is 13.9. The molecule has 0 spiro atoms. The molecule has 1 aromatic carbocycles. The molecule has 2 atom stereocenters. The van der Waals surface area contributed by atoms with Gasteiger partial charge in [-0.15, -0.1) is 12.4 Å². The van der Waals surface area contributed by atoms with E-state index in [9.17, 15) is 9.18 Å². The average molecular weight is 342 g/mol. The van der Waals surface area contributed by atoms with Gasteiger partial charge in [-0.25, -0.2) is 4.39 Å². The number of piperazine rings is 1. The summed E-state index contributed by atoms with van der Waals surface area (Å²) in [5.74, 6) is -0.660. The van der Waals surface area contributed by atoms with Crippen molar-refractivity contribution in [3.05, 3.63) is 35.6 Å². The summed E-state index contributed by atoms with van der Waals surface area (Å²) in [6.45, 7) is 7.51. The van der Waals surface area contributed by atoms with Crippen LogP contribution in [0.25, 0.3) is 0 Å². The van der Waals surface area contributed by atoms with E-state index in [-0.39, 0.29) is 24.1 Å². The fraction of sp³-hybridized carbons (Fsp3) is 0.588. The monoisotopic (exact) mass is 341 g/mol. The standard InChI is InChI=1S/C17H24FN3O.ClH/c1-13(15-4-2-3-5-16(15)18)17(22)21-9-6-14(12-21)20-10-7-19-8-11-20;/h2-5,13-14,19H,6-12H2,1H3;1H. The zero-order valence-electron chi connectivity index (χ0n) is 13.5. The van der Waals surface area contributed by atoms with Crippen molar-refractivity contribution in [3.8, 4) is 0 Å². The molecular weight excluding hydrogens is 317 g/mol. The zero-order chi connectivity index (χ0) is 15.5. The first kappa shape index (κ1) is 18.2. The quantitative estimate of drug-likeness (QED) is 0.911. The molecule has 3 rings (SSSR count). The van der Waals surface area contributed by atoms with E-state index in [1.165, 1.54) is 6.07 Å². The molecule has 0 bridgehead atoms. The molecule has 6 heteroatoms. The molecule has 2 aliphatic rings. The molecule has 23 heavy (non-hydrogen) atoms. The van der Waals surface area contributed by atoms with E-state index >= 15 is 0 Å². The average Bonchev–Trinajstić information content (AvgIpc) is 3.05. The number of rotatable bonds is 3. The van der Waals surface area contributed by atoms with Crippen LogP contribution < -0.4 is 5.32 Å². The van der Waals surface area contributed by atoms with Crippen LogP contribution in [0.2, 0.25) is 0 Å². The lowest BCUT2D eigenvalue weighted by atomic mass is 9.99. The molecular formula is C17H25ClFN3O. The summed E-state index contributed by atoms with van der Waals surface area (Å²) in [7, 11) is 0. The van der Waals surface area contributed by atoms with Gasteiger partial charge in [-0.1, -0.05) is 18.2 Å². The highest BCUT2D eigenvalue weighted by atomic mass is 35.5. The predicted molar refractivity (Wildman–Crippen MR) is 91.5 cm³/mol. The van der Waals surface area contributed by atoms with Gasteiger partial charge in [0, 0.05) is 45.3 Å². The minimum absolute atomic E-state index is 0. The van der Waals surface area contributed by atoms with Crippen LogP contribution in [0, 0.1) is 5.82 Å². The molecule has 1 aromatic rings. The second-order valence-corrected chi connectivity index (χ2v) is 6.26. The van der Waals surface area contributed by atoms with Gasteiger partial charge in [-0.05, 0) is 25.0 Å². The lowest BCUT2D eigenvalue weighted by Gasteiger charge is -2.32. The van der Waals surface area contributed by atoms with Crippen LogP contribution in [0.15, 0.2) is 24.3 Å². The third-order valence-electron chi connectivity index (χ3n) is 4.89. The van der Waals surface area contributed by atoms with Crippen molar-refractivity contribution in [1.29, 1.82) is 0 Å². The third-order valence-corrected chi connectivity index (χ3v) is 4.89. The van der Waals surface area contributed by atoms with Gasteiger partial charge in [-0.3, -0.25) is 9.69 Å². The summed E-state index contributed by atoms with van der Waals surface area (Å²) in [5, 5.41) is 3.35. The molecule has 2 saturated heterocycles. The molecule has 0 radical (unpaired) electrons. The SMILES string of the molecule is CC(C(=O)N1CCC(N2CCNCC2)C1)c1ccccc1F.Cl. The maximum absolute atomic E-state index is 13.9. The Labute approximate surface area is 143 Å². The fourth-order valence-corrected chi connectivity index (χ4v) is 3.52. The summed E-state index contributed by atoms with van der Waals surface area (Å²) in [4.78, 5) is 17.0. The Morgan fingerprint density at radius 3 is 2.65 bits per heavy atom. The first-order valence-corrected chi connectivity index (χ1v) is 8.15. The predicted octanol–water partition coefficient (Wildman–Crippen LogP) is 1.86. The Balaban J connectivity index is 0.00000192. The Hall–Kier alpha value is -1.17. The van der Waals surface area contributed by atoms with Crippen molar-refractivity contribution in [3.63, 3.8) is 0 Å². The highest BCUT2D eigenvalue weighted by Crippen LogP contribution is 2.24. The fourth-order valence-electron chi connectivity index (χ4n) is 3.52. The lowest BCUT2D eigenvalue weighted by molar-refractivity contribution is -0.131. The Kier molecular flexibility index (Phi) is 6.39. The van der Waals surface area contributed by atoms with Crippen LogP contribution in [-0.4, -0.2) is 61.0 Å². The number of benzene rings is 1. The molecule has 2 unspecified atom stereocenters. The number of halogens is 2. The molecule has 1 amide bonds. The van der Waals surface area contributed by atoms with E-state index in [4.69, 9.17) is 0 Å². The van der Waals surface area contributed by atoms with Crippen molar-refractivity contribution >= 4 is 18.3 Å². The van der Waals surface area contributed by atoms with E-state index in [0.717, 1.165) is 45.7 Å². The summed E-state index contributed by atoms with van der Waals surface area (Å²) in [6, 6.07) is 7.04. The number of hydrogen-bond donors (Lipinski definition) is 1. The van der Waals surface area contributed by atoms with Crippen LogP contribution in [0.4, 0.5) is 4.39 Å². The molecule has 4 nitrogen and oxygen atoms in total. The zero-order valence-corrected chi connectivity index (χ0v) is 14.3. The van der Waals surface area contributed by atoms with E-state index < -0.39 is 5.92 Å². The van der Waals surface area contributed by atoms with Gasteiger partial charge in [-0.2, -0.15) is 0 Å². The van der Waals surface area contributed by atoms with Crippen molar-refractivity contribution in [2.75, 3.05) is 39.3 Å². The van der Waals surface area contributed by atoms with E-state index in [1.807, 2.05) is 4.90 Å². The van der Waals surface area contributed by atoms with Crippen molar-refractivity contribution in [1.82, 2.24) is 15.1 Å². The second kappa shape index (κ2) is 8.08. The number of nitrogens with one attached hydrogen (secondary N) is 1. The van der Waals surface area contributed by atoms with Crippen LogP contribution in [0.3, 0.4) is 0 Å². The van der Waals surface area contributed by atoms with Crippen molar-refractivity contribution in [2.24, 2.45) is 0 Å². The Morgan fingerprint density at radius 2 is 1.96 bits per heavy atom. The normalized spacial score (nSPS) is 23.4. The number of amides is 1. The van der Waals surface area contributed by atoms with Gasteiger partial charge in [0.05, 0.1) is 5.92 Å². The highest BCUT2D eigenvalue weighted by Gasteiger charge is 2.33. The number of nitrogens with zero attached hydrogens (tertiary/aromatic N) is 2. The van der Waals surface area contributed by atoms with Gasteiger partial charge in [0.1, 0.15) is 5.82 Å². The number of carbonyl (C=O) groups is 1. The van der Waals surface area contributed by atoms with Gasteiger partial charge in [0.2, 0.25) is 5.91 Å². The summed E-state index contributed by atoms with van der Waals surface area (Å²) in [5.41, 5.74) is 0.498. The maximum Gasteiger partial charge on any atom is 0.229 e. The van der Waals surface area contributed by atoms with E-state index in [2.05, 4.69) is 10.2 Å². The summed E-state index contributed by atoms with van der Waals surface area (Å²) >= 11 is 0. The van der Waals surface area contributed by atoms with Crippen molar-refractivity contribution in [2.45, 2.75) is 25.3 Å². The second-order valence-electron chi connectivity index (χ2n) is 6.26. The molecule has 0 saturated carbocycles. The number of carbonyl (C=O) groups excluding carboxylic acids is 1. The van der Waals surface area contributed by atoms with Crippen LogP contribution in [0.1, 0.15) is 24.8 Å². The number of likely N-dealkylation sites (tertiary alicyclic amines) is 1. The van der Waals surface area contributed by atoms with E-state index in [0.29, 0.717) is 11.6 Å². The molecule has 2 aliphatic heterocycles. The minimum Gasteiger partial charge on any atom is -0.341 e. The molecule has 2 fully saturated rings. The topological polar surface area (TPSA) is 35.6 Å². The Morgan fingerprint density at radius 1 is 1.26 bits per heavy atom. The van der Waals surface area contributed by atoms with Gasteiger partial charge >= 0.3 is 0 Å². The first-order chi connectivity index (χ1) is 10.7. The molecule has 0 aromatic heterocycles. The van der Waals surface area contributed by atoms with Crippen molar-refractivity contribution < 1.29 is 9.18 Å². The van der Waals surface area contributed by atoms with Gasteiger partial charge < -0.3 is 10.2 Å². The van der Waals surface area contributed by atoms with Crippen LogP contribution in [0.5, 0.6) is 0 Å². The minimum atomic E-state index is -0.414. The smallest absolute Gasteiger partial charge is 0.229 e. The molecule has 128 valence electrons. The lowest BCUT2D eigenvalue weighted by Crippen LogP contribution is -2.49. The first-order valence-electron chi connectivity index (χ1n) is 8.15. The maximum atomic E-state index is 13.9. The third kappa shape index (κ3) is 4.03. The van der Waals surface area contributed by atoms with Gasteiger partial charge in [0.15, 0.2) is 0 Å². The van der Waals surface area contributed by atoms with E-state index in [1.54, 1.807) is 25.1 Å². The molecule has 1 N–H and O–H groups in total. The largest absolute Gasteiger partial charge is 0.341 e. The molecule has 0 aliphatic carbocycles. The highest BCUT2D eigenvalue weighted by molar-refractivity contribution is 5.85.